The van der Waals surface area contributed by atoms with Gasteiger partial charge < -0.3 is 25.0 Å². The Labute approximate surface area is 197 Å². The van der Waals surface area contributed by atoms with Crippen LogP contribution in [0.4, 0.5) is 17.1 Å². The third kappa shape index (κ3) is 6.95. The van der Waals surface area contributed by atoms with Crippen molar-refractivity contribution in [3.63, 3.8) is 0 Å². The van der Waals surface area contributed by atoms with Crippen LogP contribution in [0, 0.1) is 5.92 Å². The van der Waals surface area contributed by atoms with Gasteiger partial charge in [0.1, 0.15) is 6.04 Å². The van der Waals surface area contributed by atoms with E-state index in [1.165, 1.54) is 12.8 Å². The van der Waals surface area contributed by atoms with E-state index in [1.807, 2.05) is 31.2 Å². The van der Waals surface area contributed by atoms with Crippen LogP contribution >= 0.6 is 0 Å². The predicted octanol–water partition coefficient (Wildman–Crippen LogP) is 5.06. The highest BCUT2D eigenvalue weighted by Crippen LogP contribution is 2.26. The quantitative estimate of drug-likeness (QED) is 0.588. The maximum atomic E-state index is 12.7. The third-order valence-corrected chi connectivity index (χ3v) is 6.59. The number of ether oxygens (including phenoxy) is 2. The first-order valence-corrected chi connectivity index (χ1v) is 12.3. The van der Waals surface area contributed by atoms with Crippen LogP contribution in [-0.2, 0) is 20.9 Å². The normalized spacial score (nSPS) is 21.9. The van der Waals surface area contributed by atoms with Crippen molar-refractivity contribution in [2.75, 3.05) is 41.8 Å². The van der Waals surface area contributed by atoms with E-state index in [1.54, 1.807) is 0 Å². The van der Waals surface area contributed by atoms with Crippen LogP contribution in [0.3, 0.4) is 0 Å². The number of hydrogen-bond acceptors (Lipinski definition) is 5. The number of anilines is 3. The Kier molecular flexibility index (Phi) is 8.24. The minimum Gasteiger partial charge on any atom is -0.378 e. The molecule has 4 rings (SSSR count). The lowest BCUT2D eigenvalue weighted by Crippen LogP contribution is -2.36. The molecule has 1 saturated heterocycles. The molecule has 2 fully saturated rings. The van der Waals surface area contributed by atoms with Gasteiger partial charge in [-0.3, -0.25) is 4.79 Å². The molecule has 33 heavy (non-hydrogen) atoms. The fourth-order valence-electron chi connectivity index (χ4n) is 4.64. The fraction of sp³-hybridized carbons (Fsp3) is 0.519. The van der Waals surface area contributed by atoms with E-state index >= 15 is 0 Å². The molecule has 3 unspecified atom stereocenters. The van der Waals surface area contributed by atoms with Crippen LogP contribution in [-0.4, -0.2) is 44.4 Å². The molecule has 1 aliphatic carbocycles. The summed E-state index contributed by atoms with van der Waals surface area (Å²) < 4.78 is 11.6. The standard InChI is InChI=1S/C27H37N3O3/c1-20-5-3-8-26(17-20)33-19-22-6-4-7-24(18-22)28-21(2)27(31)29-23-9-11-25(12-10-23)30-13-15-32-16-14-30/h4,6-7,9-12,18,20-21,26,28H,3,5,8,13-17,19H2,1-2H3,(H,29,31). The highest BCUT2D eigenvalue weighted by atomic mass is 16.5. The van der Waals surface area contributed by atoms with Gasteiger partial charge >= 0.3 is 0 Å². The van der Waals surface area contributed by atoms with E-state index in [0.29, 0.717) is 12.7 Å². The summed E-state index contributed by atoms with van der Waals surface area (Å²) >= 11 is 0. The predicted molar refractivity (Wildman–Crippen MR) is 134 cm³/mol. The smallest absolute Gasteiger partial charge is 0.246 e. The molecule has 2 N–H and O–H groups in total. The Morgan fingerprint density at radius 3 is 2.67 bits per heavy atom. The lowest BCUT2D eigenvalue weighted by atomic mass is 9.89. The first-order valence-electron chi connectivity index (χ1n) is 12.3. The fourth-order valence-corrected chi connectivity index (χ4v) is 4.64. The van der Waals surface area contributed by atoms with Gasteiger partial charge in [0.2, 0.25) is 5.91 Å². The van der Waals surface area contributed by atoms with Gasteiger partial charge in [0.15, 0.2) is 0 Å². The van der Waals surface area contributed by atoms with Gasteiger partial charge in [0.25, 0.3) is 0 Å². The summed E-state index contributed by atoms with van der Waals surface area (Å²) in [5.74, 6) is 0.693. The van der Waals surface area contributed by atoms with E-state index in [9.17, 15) is 4.79 Å². The number of carbonyl (C=O) groups excluding carboxylic acids is 1. The number of rotatable bonds is 8. The molecular formula is C27H37N3O3. The van der Waals surface area contributed by atoms with Crippen molar-refractivity contribution >= 4 is 23.0 Å². The van der Waals surface area contributed by atoms with Gasteiger partial charge in [-0.05, 0) is 67.6 Å². The molecule has 2 aromatic rings. The molecule has 0 bridgehead atoms. The maximum absolute atomic E-state index is 12.7. The monoisotopic (exact) mass is 451 g/mol. The number of nitrogens with zero attached hydrogens (tertiary/aromatic N) is 1. The average Bonchev–Trinajstić information content (AvgIpc) is 2.84. The van der Waals surface area contributed by atoms with Crippen molar-refractivity contribution in [1.82, 2.24) is 0 Å². The first-order chi connectivity index (χ1) is 16.1. The van der Waals surface area contributed by atoms with E-state index in [2.05, 4.69) is 46.7 Å². The zero-order valence-electron chi connectivity index (χ0n) is 19.9. The van der Waals surface area contributed by atoms with Crippen molar-refractivity contribution < 1.29 is 14.3 Å². The molecule has 3 atom stereocenters. The zero-order chi connectivity index (χ0) is 23.0. The highest BCUT2D eigenvalue weighted by molar-refractivity contribution is 5.96. The molecule has 1 amide bonds. The molecule has 6 heteroatoms. The minimum atomic E-state index is -0.362. The molecule has 2 aliphatic rings. The van der Waals surface area contributed by atoms with E-state index in [-0.39, 0.29) is 11.9 Å². The maximum Gasteiger partial charge on any atom is 0.246 e. The largest absolute Gasteiger partial charge is 0.378 e. The van der Waals surface area contributed by atoms with Crippen LogP contribution in [0.5, 0.6) is 0 Å². The molecule has 0 aromatic heterocycles. The van der Waals surface area contributed by atoms with Gasteiger partial charge in [0, 0.05) is 30.2 Å². The second kappa shape index (κ2) is 11.5. The summed E-state index contributed by atoms with van der Waals surface area (Å²) in [7, 11) is 0. The molecule has 6 nitrogen and oxygen atoms in total. The summed E-state index contributed by atoms with van der Waals surface area (Å²) in [6.07, 6.45) is 5.26. The number of carbonyl (C=O) groups is 1. The summed E-state index contributed by atoms with van der Waals surface area (Å²) in [4.78, 5) is 15.0. The molecule has 0 radical (unpaired) electrons. The van der Waals surface area contributed by atoms with Crippen molar-refractivity contribution in [1.29, 1.82) is 0 Å². The number of benzene rings is 2. The van der Waals surface area contributed by atoms with Gasteiger partial charge in [-0.15, -0.1) is 0 Å². The summed E-state index contributed by atoms with van der Waals surface area (Å²) in [5, 5.41) is 6.33. The Morgan fingerprint density at radius 1 is 1.12 bits per heavy atom. The summed E-state index contributed by atoms with van der Waals surface area (Å²) in [5.41, 5.74) is 4.02. The molecule has 0 spiro atoms. The van der Waals surface area contributed by atoms with Crippen molar-refractivity contribution in [3.8, 4) is 0 Å². The van der Waals surface area contributed by atoms with Gasteiger partial charge in [0.05, 0.1) is 25.9 Å². The average molecular weight is 452 g/mol. The molecule has 1 heterocycles. The van der Waals surface area contributed by atoms with E-state index in [4.69, 9.17) is 9.47 Å². The van der Waals surface area contributed by atoms with Crippen LogP contribution in [0.15, 0.2) is 48.5 Å². The second-order valence-corrected chi connectivity index (χ2v) is 9.41. The Hall–Kier alpha value is -2.57. The van der Waals surface area contributed by atoms with Crippen LogP contribution < -0.4 is 15.5 Å². The van der Waals surface area contributed by atoms with Crippen LogP contribution in [0.25, 0.3) is 0 Å². The van der Waals surface area contributed by atoms with Gasteiger partial charge in [-0.1, -0.05) is 31.9 Å². The molecular weight excluding hydrogens is 414 g/mol. The lowest BCUT2D eigenvalue weighted by Gasteiger charge is -2.29. The molecule has 2 aromatic carbocycles. The number of hydrogen-bond donors (Lipinski definition) is 2. The molecule has 1 saturated carbocycles. The second-order valence-electron chi connectivity index (χ2n) is 9.41. The number of nitrogens with one attached hydrogen (secondary N) is 2. The van der Waals surface area contributed by atoms with Gasteiger partial charge in [-0.25, -0.2) is 0 Å². The van der Waals surface area contributed by atoms with Crippen LogP contribution in [0.1, 0.15) is 45.1 Å². The molecule has 178 valence electrons. The summed E-state index contributed by atoms with van der Waals surface area (Å²) in [6, 6.07) is 15.8. The zero-order valence-corrected chi connectivity index (χ0v) is 19.9. The third-order valence-electron chi connectivity index (χ3n) is 6.59. The molecule has 1 aliphatic heterocycles. The topological polar surface area (TPSA) is 62.8 Å². The Bertz CT molecular complexity index is 896. The van der Waals surface area contributed by atoms with Gasteiger partial charge in [-0.2, -0.15) is 0 Å². The number of morpholine rings is 1. The van der Waals surface area contributed by atoms with Crippen molar-refractivity contribution in [3.05, 3.63) is 54.1 Å². The van der Waals surface area contributed by atoms with Crippen molar-refractivity contribution in [2.45, 2.75) is 58.3 Å². The van der Waals surface area contributed by atoms with Crippen molar-refractivity contribution in [2.24, 2.45) is 5.92 Å². The van der Waals surface area contributed by atoms with E-state index in [0.717, 1.165) is 67.7 Å². The summed E-state index contributed by atoms with van der Waals surface area (Å²) in [6.45, 7) is 8.12. The Balaban J connectivity index is 1.26. The minimum absolute atomic E-state index is 0.0630. The van der Waals surface area contributed by atoms with E-state index < -0.39 is 0 Å². The highest BCUT2D eigenvalue weighted by Gasteiger charge is 2.19. The first kappa shape index (κ1) is 23.6. The number of amides is 1. The SMILES string of the molecule is CC1CCCC(OCc2cccc(NC(C)C(=O)Nc3ccc(N4CCOCC4)cc3)c2)C1. The Morgan fingerprint density at radius 2 is 1.91 bits per heavy atom. The van der Waals surface area contributed by atoms with Crippen LogP contribution in [0.2, 0.25) is 0 Å². The lowest BCUT2D eigenvalue weighted by molar-refractivity contribution is -0.116.